The summed E-state index contributed by atoms with van der Waals surface area (Å²) < 4.78 is 13.2. The highest BCUT2D eigenvalue weighted by atomic mass is 19.1. The second-order valence-electron chi connectivity index (χ2n) is 5.26. The molecule has 1 atom stereocenters. The average molecular weight is 237 g/mol. The molecule has 2 heterocycles. The molecule has 0 aliphatic carbocycles. The van der Waals surface area contributed by atoms with Gasteiger partial charge in [-0.2, -0.15) is 0 Å². The van der Waals surface area contributed by atoms with Crippen LogP contribution in [0, 0.1) is 5.82 Å². The van der Waals surface area contributed by atoms with Gasteiger partial charge in [-0.15, -0.1) is 0 Å². The van der Waals surface area contributed by atoms with Crippen molar-refractivity contribution in [1.82, 2.24) is 9.88 Å². The fourth-order valence-electron chi connectivity index (χ4n) is 2.50. The Morgan fingerprint density at radius 2 is 2.00 bits per heavy atom. The van der Waals surface area contributed by atoms with E-state index in [1.54, 1.807) is 6.20 Å². The minimum atomic E-state index is -0.324. The normalized spacial score (nSPS) is 19.5. The Kier molecular flexibility index (Phi) is 3.45. The van der Waals surface area contributed by atoms with Crippen LogP contribution in [0.2, 0.25) is 0 Å². The molecule has 2 N–H and O–H groups in total. The summed E-state index contributed by atoms with van der Waals surface area (Å²) in [6, 6.07) is 1.26. The third-order valence-corrected chi connectivity index (χ3v) is 3.77. The summed E-state index contributed by atoms with van der Waals surface area (Å²) in [7, 11) is 0. The van der Waals surface area contributed by atoms with Gasteiger partial charge in [-0.1, -0.05) is 0 Å². The molecular formula is C13H20FN3. The van der Waals surface area contributed by atoms with Gasteiger partial charge in [0.25, 0.3) is 0 Å². The summed E-state index contributed by atoms with van der Waals surface area (Å²) in [6.07, 6.45) is 5.31. The van der Waals surface area contributed by atoms with E-state index in [2.05, 4.69) is 23.7 Å². The Morgan fingerprint density at radius 1 is 1.35 bits per heavy atom. The lowest BCUT2D eigenvalue weighted by molar-refractivity contribution is 0.124. The zero-order valence-corrected chi connectivity index (χ0v) is 10.5. The fraction of sp³-hybridized carbons (Fsp3) is 0.615. The first-order chi connectivity index (χ1) is 8.01. The van der Waals surface area contributed by atoms with E-state index in [1.807, 2.05) is 0 Å². The molecule has 94 valence electrons. The van der Waals surface area contributed by atoms with Crippen molar-refractivity contribution in [3.63, 3.8) is 0 Å². The molecule has 1 unspecified atom stereocenters. The topological polar surface area (TPSA) is 42.1 Å². The van der Waals surface area contributed by atoms with E-state index < -0.39 is 0 Å². The summed E-state index contributed by atoms with van der Waals surface area (Å²) in [5.74, 6) is -0.324. The van der Waals surface area contributed by atoms with Crippen LogP contribution in [0.15, 0.2) is 18.5 Å². The van der Waals surface area contributed by atoms with Gasteiger partial charge >= 0.3 is 0 Å². The first kappa shape index (κ1) is 12.5. The highest BCUT2D eigenvalue weighted by Crippen LogP contribution is 2.31. The Balaban J connectivity index is 2.20. The van der Waals surface area contributed by atoms with E-state index in [1.165, 1.54) is 25.1 Å². The van der Waals surface area contributed by atoms with E-state index in [9.17, 15) is 4.39 Å². The van der Waals surface area contributed by atoms with Crippen molar-refractivity contribution in [3.8, 4) is 0 Å². The van der Waals surface area contributed by atoms with Crippen LogP contribution in [0.4, 0.5) is 4.39 Å². The first-order valence-electron chi connectivity index (χ1n) is 6.13. The molecule has 0 spiro atoms. The number of hydrogen-bond donors (Lipinski definition) is 1. The summed E-state index contributed by atoms with van der Waals surface area (Å²) in [4.78, 5) is 6.25. The van der Waals surface area contributed by atoms with Gasteiger partial charge in [0, 0.05) is 17.8 Å². The molecule has 4 heteroatoms. The van der Waals surface area contributed by atoms with E-state index in [-0.39, 0.29) is 17.4 Å². The smallest absolute Gasteiger partial charge is 0.141 e. The number of nitrogens with two attached hydrogens (primary N) is 1. The quantitative estimate of drug-likeness (QED) is 0.875. The van der Waals surface area contributed by atoms with Crippen molar-refractivity contribution in [1.29, 1.82) is 0 Å². The lowest BCUT2D eigenvalue weighted by Gasteiger charge is -2.40. The van der Waals surface area contributed by atoms with Gasteiger partial charge in [-0.3, -0.25) is 9.88 Å². The van der Waals surface area contributed by atoms with Crippen molar-refractivity contribution in [2.24, 2.45) is 5.73 Å². The maximum absolute atomic E-state index is 13.2. The monoisotopic (exact) mass is 237 g/mol. The molecule has 0 aromatic carbocycles. The third-order valence-electron chi connectivity index (χ3n) is 3.77. The van der Waals surface area contributed by atoms with Crippen molar-refractivity contribution in [2.75, 3.05) is 13.1 Å². The minimum Gasteiger partial charge on any atom is -0.322 e. The van der Waals surface area contributed by atoms with E-state index in [4.69, 9.17) is 5.73 Å². The summed E-state index contributed by atoms with van der Waals surface area (Å²) >= 11 is 0. The lowest BCUT2D eigenvalue weighted by Crippen LogP contribution is -2.49. The summed E-state index contributed by atoms with van der Waals surface area (Å²) in [6.45, 7) is 6.38. The van der Waals surface area contributed by atoms with E-state index in [0.717, 1.165) is 18.7 Å². The number of pyridine rings is 1. The largest absolute Gasteiger partial charge is 0.322 e. The molecule has 3 nitrogen and oxygen atoms in total. The Hall–Kier alpha value is -1.00. The van der Waals surface area contributed by atoms with Crippen molar-refractivity contribution in [2.45, 2.75) is 38.3 Å². The van der Waals surface area contributed by atoms with Crippen LogP contribution >= 0.6 is 0 Å². The molecule has 0 saturated carbocycles. The second-order valence-corrected chi connectivity index (χ2v) is 5.26. The molecule has 17 heavy (non-hydrogen) atoms. The number of aromatic nitrogens is 1. The van der Waals surface area contributed by atoms with Gasteiger partial charge in [0.1, 0.15) is 5.82 Å². The zero-order chi connectivity index (χ0) is 12.5. The van der Waals surface area contributed by atoms with E-state index >= 15 is 0 Å². The van der Waals surface area contributed by atoms with Gasteiger partial charge in [0.05, 0.1) is 6.20 Å². The zero-order valence-electron chi connectivity index (χ0n) is 10.5. The molecule has 1 aromatic heterocycles. The molecule has 1 fully saturated rings. The molecule has 0 radical (unpaired) electrons. The average Bonchev–Trinajstić information content (AvgIpc) is 2.82. The summed E-state index contributed by atoms with van der Waals surface area (Å²) in [5, 5.41) is 0. The van der Waals surface area contributed by atoms with Crippen LogP contribution in [0.1, 0.15) is 38.3 Å². The molecule has 1 aromatic rings. The van der Waals surface area contributed by atoms with Crippen molar-refractivity contribution in [3.05, 3.63) is 29.8 Å². The first-order valence-corrected chi connectivity index (χ1v) is 6.13. The molecule has 0 bridgehead atoms. The van der Waals surface area contributed by atoms with Gasteiger partial charge in [-0.25, -0.2) is 4.39 Å². The van der Waals surface area contributed by atoms with Crippen LogP contribution in [0.3, 0.4) is 0 Å². The molecule has 2 rings (SSSR count). The number of halogens is 1. The number of likely N-dealkylation sites (tertiary alicyclic amines) is 1. The van der Waals surface area contributed by atoms with Crippen LogP contribution < -0.4 is 5.73 Å². The van der Waals surface area contributed by atoms with Crippen LogP contribution in [0.5, 0.6) is 0 Å². The SMILES string of the molecule is CC(C)(C(N)c1cncc(F)c1)N1CCCC1. The molecular weight excluding hydrogens is 217 g/mol. The maximum atomic E-state index is 13.2. The lowest BCUT2D eigenvalue weighted by atomic mass is 9.88. The standard InChI is InChI=1S/C13H20FN3/c1-13(2,17-5-3-4-6-17)12(15)10-7-11(14)9-16-8-10/h7-9,12H,3-6,15H2,1-2H3. The van der Waals surface area contributed by atoms with E-state index in [0.29, 0.717) is 0 Å². The predicted molar refractivity (Wildman–Crippen MR) is 66.0 cm³/mol. The highest BCUT2D eigenvalue weighted by Gasteiger charge is 2.35. The molecule has 0 amide bonds. The maximum Gasteiger partial charge on any atom is 0.141 e. The van der Waals surface area contributed by atoms with Crippen molar-refractivity contribution < 1.29 is 4.39 Å². The molecule has 1 saturated heterocycles. The Labute approximate surface area is 102 Å². The van der Waals surface area contributed by atoms with Gasteiger partial charge in [-0.05, 0) is 51.4 Å². The summed E-state index contributed by atoms with van der Waals surface area (Å²) in [5.41, 5.74) is 6.88. The minimum absolute atomic E-state index is 0.161. The predicted octanol–water partition coefficient (Wildman–Crippen LogP) is 2.09. The van der Waals surface area contributed by atoms with Gasteiger partial charge in [0.15, 0.2) is 0 Å². The second kappa shape index (κ2) is 4.70. The van der Waals surface area contributed by atoms with Crippen LogP contribution in [0.25, 0.3) is 0 Å². The van der Waals surface area contributed by atoms with Gasteiger partial charge < -0.3 is 5.73 Å². The molecule has 1 aliphatic rings. The third kappa shape index (κ3) is 2.48. The van der Waals surface area contributed by atoms with Crippen molar-refractivity contribution >= 4 is 0 Å². The van der Waals surface area contributed by atoms with Crippen LogP contribution in [-0.2, 0) is 0 Å². The highest BCUT2D eigenvalue weighted by molar-refractivity contribution is 5.19. The van der Waals surface area contributed by atoms with Crippen LogP contribution in [-0.4, -0.2) is 28.5 Å². The van der Waals surface area contributed by atoms with Gasteiger partial charge in [0.2, 0.25) is 0 Å². The fourth-order valence-corrected chi connectivity index (χ4v) is 2.50. The molecule has 1 aliphatic heterocycles. The number of hydrogen-bond acceptors (Lipinski definition) is 3. The Bertz CT molecular complexity index is 386. The number of nitrogens with zero attached hydrogens (tertiary/aromatic N) is 2. The Morgan fingerprint density at radius 3 is 2.59 bits per heavy atom. The number of rotatable bonds is 3.